The zero-order chi connectivity index (χ0) is 15.2. The van der Waals surface area contributed by atoms with Crippen LogP contribution in [0.25, 0.3) is 0 Å². The van der Waals surface area contributed by atoms with Gasteiger partial charge in [-0.1, -0.05) is 13.3 Å². The summed E-state index contributed by atoms with van der Waals surface area (Å²) in [6.45, 7) is 8.32. The van der Waals surface area contributed by atoms with Crippen LogP contribution in [0.4, 0.5) is 4.79 Å². The van der Waals surface area contributed by atoms with E-state index in [1.807, 2.05) is 20.8 Å². The number of hydrogen-bond acceptors (Lipinski definition) is 4. The molecule has 0 aliphatic heterocycles. The van der Waals surface area contributed by atoms with Gasteiger partial charge in [0.05, 0.1) is 0 Å². The highest BCUT2D eigenvalue weighted by Gasteiger charge is 2.22. The molecule has 1 aliphatic carbocycles. The Morgan fingerprint density at radius 1 is 1.40 bits per heavy atom. The Morgan fingerprint density at radius 3 is 2.65 bits per heavy atom. The first-order valence-electron chi connectivity index (χ1n) is 7.78. The van der Waals surface area contributed by atoms with Gasteiger partial charge in [-0.05, 0) is 46.5 Å². The molecule has 0 aromatic carbocycles. The highest BCUT2D eigenvalue weighted by atomic mass is 16.6. The van der Waals surface area contributed by atoms with Crippen molar-refractivity contribution in [3.63, 3.8) is 0 Å². The van der Waals surface area contributed by atoms with Gasteiger partial charge in [-0.15, -0.1) is 0 Å². The van der Waals surface area contributed by atoms with Crippen molar-refractivity contribution in [2.45, 2.75) is 83.5 Å². The van der Waals surface area contributed by atoms with E-state index in [4.69, 9.17) is 10.5 Å². The van der Waals surface area contributed by atoms with Crippen molar-refractivity contribution in [1.29, 1.82) is 0 Å². The summed E-state index contributed by atoms with van der Waals surface area (Å²) in [4.78, 5) is 11.6. The third-order valence-electron chi connectivity index (χ3n) is 3.57. The topological polar surface area (TPSA) is 76.4 Å². The van der Waals surface area contributed by atoms with E-state index < -0.39 is 5.60 Å². The SMILES string of the molecule is CCC(CNC(=O)OC(C)(C)C)NC1CCCC(N)C1. The number of nitrogens with two attached hydrogens (primary N) is 1. The molecule has 0 aromatic heterocycles. The first kappa shape index (κ1) is 17.2. The van der Waals surface area contributed by atoms with E-state index >= 15 is 0 Å². The van der Waals surface area contributed by atoms with E-state index in [-0.39, 0.29) is 12.1 Å². The zero-order valence-electron chi connectivity index (χ0n) is 13.4. The number of hydrogen-bond donors (Lipinski definition) is 3. The highest BCUT2D eigenvalue weighted by Crippen LogP contribution is 2.17. The Labute approximate surface area is 123 Å². The van der Waals surface area contributed by atoms with Gasteiger partial charge in [-0.3, -0.25) is 0 Å². The molecule has 3 unspecified atom stereocenters. The molecular formula is C15H31N3O2. The van der Waals surface area contributed by atoms with E-state index in [1.165, 1.54) is 12.8 Å². The number of ether oxygens (including phenoxy) is 1. The Balaban J connectivity index is 2.30. The summed E-state index contributed by atoms with van der Waals surface area (Å²) in [5, 5.41) is 6.44. The quantitative estimate of drug-likeness (QED) is 0.723. The molecule has 0 bridgehead atoms. The van der Waals surface area contributed by atoms with Gasteiger partial charge in [0.1, 0.15) is 5.60 Å². The molecule has 20 heavy (non-hydrogen) atoms. The van der Waals surface area contributed by atoms with Crippen LogP contribution in [0.3, 0.4) is 0 Å². The Kier molecular flexibility index (Phi) is 6.76. The monoisotopic (exact) mass is 285 g/mol. The second-order valence-corrected chi connectivity index (χ2v) is 6.78. The third kappa shape index (κ3) is 7.10. The summed E-state index contributed by atoms with van der Waals surface area (Å²) in [5.41, 5.74) is 5.56. The predicted molar refractivity (Wildman–Crippen MR) is 81.7 cm³/mol. The molecule has 0 radical (unpaired) electrons. The predicted octanol–water partition coefficient (Wildman–Crippen LogP) is 2.15. The van der Waals surface area contributed by atoms with Crippen LogP contribution in [0.5, 0.6) is 0 Å². The van der Waals surface area contributed by atoms with Crippen molar-refractivity contribution in [2.75, 3.05) is 6.54 Å². The third-order valence-corrected chi connectivity index (χ3v) is 3.57. The largest absolute Gasteiger partial charge is 0.444 e. The van der Waals surface area contributed by atoms with Crippen molar-refractivity contribution < 1.29 is 9.53 Å². The van der Waals surface area contributed by atoms with Gasteiger partial charge in [0.25, 0.3) is 0 Å². The molecule has 1 saturated carbocycles. The van der Waals surface area contributed by atoms with Crippen LogP contribution in [0.15, 0.2) is 0 Å². The molecule has 1 amide bonds. The van der Waals surface area contributed by atoms with Gasteiger partial charge in [0, 0.05) is 24.7 Å². The van der Waals surface area contributed by atoms with Crippen LogP contribution >= 0.6 is 0 Å². The van der Waals surface area contributed by atoms with E-state index in [1.54, 1.807) is 0 Å². The van der Waals surface area contributed by atoms with Crippen molar-refractivity contribution in [1.82, 2.24) is 10.6 Å². The first-order chi connectivity index (χ1) is 9.30. The number of amides is 1. The molecule has 1 aliphatic rings. The fraction of sp³-hybridized carbons (Fsp3) is 0.933. The summed E-state index contributed by atoms with van der Waals surface area (Å²) >= 11 is 0. The number of carbonyl (C=O) groups excluding carboxylic acids is 1. The van der Waals surface area contributed by atoms with Crippen LogP contribution < -0.4 is 16.4 Å². The fourth-order valence-electron chi connectivity index (χ4n) is 2.55. The zero-order valence-corrected chi connectivity index (χ0v) is 13.4. The normalized spacial score (nSPS) is 25.1. The lowest BCUT2D eigenvalue weighted by molar-refractivity contribution is 0.0520. The minimum absolute atomic E-state index is 0.276. The maximum Gasteiger partial charge on any atom is 0.407 e. The minimum atomic E-state index is -0.449. The van der Waals surface area contributed by atoms with Crippen molar-refractivity contribution in [2.24, 2.45) is 5.73 Å². The molecule has 5 heteroatoms. The Bertz CT molecular complexity index is 302. The summed E-state index contributed by atoms with van der Waals surface area (Å²) in [6.07, 6.45) is 5.15. The van der Waals surface area contributed by atoms with E-state index in [0.717, 1.165) is 19.3 Å². The van der Waals surface area contributed by atoms with Crippen molar-refractivity contribution in [3.05, 3.63) is 0 Å². The molecule has 1 fully saturated rings. The molecule has 1 rings (SSSR count). The summed E-state index contributed by atoms with van der Waals surface area (Å²) in [7, 11) is 0. The number of nitrogens with one attached hydrogen (secondary N) is 2. The number of rotatable bonds is 5. The number of carbonyl (C=O) groups is 1. The van der Waals surface area contributed by atoms with Gasteiger partial charge >= 0.3 is 6.09 Å². The molecule has 0 aromatic rings. The van der Waals surface area contributed by atoms with E-state index in [2.05, 4.69) is 17.6 Å². The van der Waals surface area contributed by atoms with Crippen molar-refractivity contribution in [3.8, 4) is 0 Å². The van der Waals surface area contributed by atoms with Gasteiger partial charge in [0.15, 0.2) is 0 Å². The van der Waals surface area contributed by atoms with E-state index in [0.29, 0.717) is 18.6 Å². The smallest absolute Gasteiger partial charge is 0.407 e. The highest BCUT2D eigenvalue weighted by molar-refractivity contribution is 5.67. The lowest BCUT2D eigenvalue weighted by atomic mass is 9.91. The second-order valence-electron chi connectivity index (χ2n) is 6.78. The van der Waals surface area contributed by atoms with Crippen LogP contribution in [0.2, 0.25) is 0 Å². The molecule has 0 saturated heterocycles. The standard InChI is InChI=1S/C15H31N3O2/c1-5-12(10-17-14(19)20-15(2,3)4)18-13-8-6-7-11(16)9-13/h11-13,18H,5-10,16H2,1-4H3,(H,17,19). The maximum atomic E-state index is 11.6. The molecule has 5 nitrogen and oxygen atoms in total. The van der Waals surface area contributed by atoms with Gasteiger partial charge in [-0.25, -0.2) is 4.79 Å². The van der Waals surface area contributed by atoms with Gasteiger partial charge < -0.3 is 21.1 Å². The van der Waals surface area contributed by atoms with Gasteiger partial charge in [0.2, 0.25) is 0 Å². The Morgan fingerprint density at radius 2 is 2.10 bits per heavy atom. The second kappa shape index (κ2) is 7.84. The van der Waals surface area contributed by atoms with E-state index in [9.17, 15) is 4.79 Å². The van der Waals surface area contributed by atoms with Crippen LogP contribution in [0.1, 0.15) is 59.8 Å². The summed E-state index contributed by atoms with van der Waals surface area (Å²) < 4.78 is 5.24. The minimum Gasteiger partial charge on any atom is -0.444 e. The molecule has 0 heterocycles. The lowest BCUT2D eigenvalue weighted by Gasteiger charge is -2.31. The summed E-state index contributed by atoms with van der Waals surface area (Å²) in [5.74, 6) is 0. The maximum absolute atomic E-state index is 11.6. The average Bonchev–Trinajstić information content (AvgIpc) is 2.32. The molecule has 4 N–H and O–H groups in total. The lowest BCUT2D eigenvalue weighted by Crippen LogP contribution is -2.48. The van der Waals surface area contributed by atoms with Crippen LogP contribution in [-0.2, 0) is 4.74 Å². The van der Waals surface area contributed by atoms with Crippen molar-refractivity contribution >= 4 is 6.09 Å². The summed E-state index contributed by atoms with van der Waals surface area (Å²) in [6, 6.07) is 1.07. The fourth-order valence-corrected chi connectivity index (χ4v) is 2.55. The molecule has 118 valence electrons. The molecule has 0 spiro atoms. The van der Waals surface area contributed by atoms with Crippen LogP contribution in [-0.4, -0.2) is 36.4 Å². The van der Waals surface area contributed by atoms with Gasteiger partial charge in [-0.2, -0.15) is 0 Å². The first-order valence-corrected chi connectivity index (χ1v) is 7.78. The van der Waals surface area contributed by atoms with Crippen LogP contribution in [0, 0.1) is 0 Å². The molecule has 3 atom stereocenters. The Hall–Kier alpha value is -0.810. The molecular weight excluding hydrogens is 254 g/mol. The number of alkyl carbamates (subject to hydrolysis) is 1. The average molecular weight is 285 g/mol.